The molecule has 30 heavy (non-hydrogen) atoms. The van der Waals surface area contributed by atoms with Crippen LogP contribution in [-0.2, 0) is 4.74 Å². The van der Waals surface area contributed by atoms with E-state index in [0.717, 1.165) is 18.7 Å². The number of hydrogen-bond donors (Lipinski definition) is 0. The van der Waals surface area contributed by atoms with Crippen molar-refractivity contribution in [2.45, 2.75) is 13.0 Å². The van der Waals surface area contributed by atoms with Gasteiger partial charge in [0.25, 0.3) is 5.91 Å². The van der Waals surface area contributed by atoms with E-state index < -0.39 is 6.04 Å². The van der Waals surface area contributed by atoms with E-state index >= 15 is 0 Å². The number of aryl methyl sites for hydroxylation is 1. The molecule has 0 N–H and O–H groups in total. The van der Waals surface area contributed by atoms with E-state index in [0.29, 0.717) is 48.5 Å². The summed E-state index contributed by atoms with van der Waals surface area (Å²) in [6, 6.07) is 10.5. The molecule has 1 saturated heterocycles. The molecule has 7 heteroatoms. The fraction of sp³-hybridized carbons (Fsp3) is 0.348. The Bertz CT molecular complexity index is 1150. The fourth-order valence-electron chi connectivity index (χ4n) is 4.28. The molecule has 2 aliphatic rings. The fourth-order valence-corrected chi connectivity index (χ4v) is 4.28. The summed E-state index contributed by atoms with van der Waals surface area (Å²) in [6.45, 7) is 6.19. The van der Waals surface area contributed by atoms with Gasteiger partial charge in [-0.05, 0) is 31.2 Å². The Balaban J connectivity index is 1.60. The molecule has 0 saturated carbocycles. The topological polar surface area (TPSA) is 75.9 Å². The first kappa shape index (κ1) is 19.0. The first-order valence-corrected chi connectivity index (χ1v) is 10.2. The van der Waals surface area contributed by atoms with Crippen LogP contribution in [0.15, 0.2) is 51.8 Å². The van der Waals surface area contributed by atoms with E-state index in [1.165, 1.54) is 0 Å². The summed E-state index contributed by atoms with van der Waals surface area (Å²) in [4.78, 5) is 35.3. The normalized spacial score (nSPS) is 19.4. The van der Waals surface area contributed by atoms with Crippen molar-refractivity contribution >= 4 is 16.9 Å². The first-order chi connectivity index (χ1) is 14.6. The zero-order valence-electron chi connectivity index (χ0n) is 16.8. The molecular formula is C23H23N3O4. The number of carbonyl (C=O) groups is 1. The number of aromatic nitrogens is 1. The van der Waals surface area contributed by atoms with Gasteiger partial charge in [0.05, 0.1) is 29.9 Å². The van der Waals surface area contributed by atoms with Crippen LogP contribution < -0.4 is 5.43 Å². The van der Waals surface area contributed by atoms with E-state index in [1.807, 2.05) is 37.3 Å². The van der Waals surface area contributed by atoms with Gasteiger partial charge >= 0.3 is 0 Å². The molecule has 0 unspecified atom stereocenters. The molecule has 0 spiro atoms. The predicted molar refractivity (Wildman–Crippen MR) is 112 cm³/mol. The number of hydrogen-bond acceptors (Lipinski definition) is 6. The van der Waals surface area contributed by atoms with Gasteiger partial charge in [-0.3, -0.25) is 19.5 Å². The molecule has 1 amide bonds. The van der Waals surface area contributed by atoms with Gasteiger partial charge in [-0.2, -0.15) is 0 Å². The number of pyridine rings is 1. The average Bonchev–Trinajstić information content (AvgIpc) is 3.06. The third-order valence-electron chi connectivity index (χ3n) is 5.85. The van der Waals surface area contributed by atoms with Gasteiger partial charge in [-0.25, -0.2) is 0 Å². The van der Waals surface area contributed by atoms with E-state index in [4.69, 9.17) is 9.15 Å². The van der Waals surface area contributed by atoms with Gasteiger partial charge in [0.15, 0.2) is 5.43 Å². The third kappa shape index (κ3) is 3.20. The van der Waals surface area contributed by atoms with Crippen LogP contribution in [0.2, 0.25) is 0 Å². The molecule has 7 nitrogen and oxygen atoms in total. The Morgan fingerprint density at radius 1 is 1.10 bits per heavy atom. The van der Waals surface area contributed by atoms with Gasteiger partial charge in [0.2, 0.25) is 5.76 Å². The highest BCUT2D eigenvalue weighted by Gasteiger charge is 2.43. The zero-order valence-corrected chi connectivity index (χ0v) is 16.8. The Hall–Kier alpha value is -3.03. The lowest BCUT2D eigenvalue weighted by atomic mass is 10.0. The summed E-state index contributed by atoms with van der Waals surface area (Å²) in [6.07, 6.45) is 1.69. The van der Waals surface area contributed by atoms with Gasteiger partial charge in [0, 0.05) is 32.4 Å². The lowest BCUT2D eigenvalue weighted by molar-refractivity contribution is 0.0314. The quantitative estimate of drug-likeness (QED) is 0.663. The number of benzene rings is 1. The minimum absolute atomic E-state index is 0.133. The van der Waals surface area contributed by atoms with Crippen LogP contribution in [0, 0.1) is 6.92 Å². The Morgan fingerprint density at radius 2 is 1.93 bits per heavy atom. The molecule has 1 aromatic carbocycles. The summed E-state index contributed by atoms with van der Waals surface area (Å²) in [5.41, 5.74) is 2.31. The second-order valence-electron chi connectivity index (χ2n) is 7.78. The minimum atomic E-state index is -0.545. The Kier molecular flexibility index (Phi) is 4.84. The molecule has 0 radical (unpaired) electrons. The van der Waals surface area contributed by atoms with Crippen LogP contribution in [-0.4, -0.2) is 60.1 Å². The number of morpholine rings is 1. The number of rotatable bonds is 4. The highest BCUT2D eigenvalue weighted by Crippen LogP contribution is 2.37. The van der Waals surface area contributed by atoms with Crippen LogP contribution in [0.3, 0.4) is 0 Å². The standard InChI is InChI=1S/C23H23N3O4/c1-15-5-6-18-16(14-15)21(27)19-20(17-4-2-3-7-24-17)26(23(28)22(19)30-18)9-8-25-10-12-29-13-11-25/h2-7,14,20H,8-13H2,1H3/t20-/m1/s1. The number of carbonyl (C=O) groups excluding carboxylic acids is 1. The largest absolute Gasteiger partial charge is 0.450 e. The lowest BCUT2D eigenvalue weighted by Crippen LogP contribution is -2.42. The SMILES string of the molecule is Cc1ccc2oc3c(c(=O)c2c1)[C@@H](c1ccccn1)N(CCN1CCOCC1)C3=O. The summed E-state index contributed by atoms with van der Waals surface area (Å²) >= 11 is 0. The van der Waals surface area contributed by atoms with E-state index in [1.54, 1.807) is 17.2 Å². The molecule has 4 heterocycles. The van der Waals surface area contributed by atoms with E-state index in [2.05, 4.69) is 9.88 Å². The zero-order chi connectivity index (χ0) is 20.7. The van der Waals surface area contributed by atoms with Crippen molar-refractivity contribution in [3.63, 3.8) is 0 Å². The second kappa shape index (κ2) is 7.66. The second-order valence-corrected chi connectivity index (χ2v) is 7.78. The monoisotopic (exact) mass is 405 g/mol. The maximum Gasteiger partial charge on any atom is 0.291 e. The van der Waals surface area contributed by atoms with Crippen LogP contribution in [0.1, 0.15) is 33.4 Å². The van der Waals surface area contributed by atoms with Gasteiger partial charge in [-0.1, -0.05) is 17.7 Å². The van der Waals surface area contributed by atoms with Crippen LogP contribution in [0.4, 0.5) is 0 Å². The molecule has 1 fully saturated rings. The van der Waals surface area contributed by atoms with Crippen molar-refractivity contribution in [3.05, 3.63) is 75.4 Å². The van der Waals surface area contributed by atoms with Crippen LogP contribution in [0.25, 0.3) is 11.0 Å². The molecule has 0 aliphatic carbocycles. The van der Waals surface area contributed by atoms with E-state index in [9.17, 15) is 9.59 Å². The van der Waals surface area contributed by atoms with Crippen molar-refractivity contribution < 1.29 is 13.9 Å². The maximum atomic E-state index is 13.5. The smallest absolute Gasteiger partial charge is 0.291 e. The van der Waals surface area contributed by atoms with Crippen molar-refractivity contribution in [1.82, 2.24) is 14.8 Å². The van der Waals surface area contributed by atoms with Gasteiger partial charge in [0.1, 0.15) is 11.6 Å². The van der Waals surface area contributed by atoms with Crippen molar-refractivity contribution in [3.8, 4) is 0 Å². The highest BCUT2D eigenvalue weighted by molar-refractivity contribution is 5.99. The first-order valence-electron chi connectivity index (χ1n) is 10.2. The van der Waals surface area contributed by atoms with Crippen LogP contribution >= 0.6 is 0 Å². The average molecular weight is 405 g/mol. The number of nitrogens with zero attached hydrogens (tertiary/aromatic N) is 3. The molecule has 3 aromatic rings. The van der Waals surface area contributed by atoms with E-state index in [-0.39, 0.29) is 17.1 Å². The highest BCUT2D eigenvalue weighted by atomic mass is 16.5. The molecule has 2 aromatic heterocycles. The summed E-state index contributed by atoms with van der Waals surface area (Å²) in [5.74, 6) is -0.123. The molecule has 154 valence electrons. The predicted octanol–water partition coefficient (Wildman–Crippen LogP) is 2.37. The minimum Gasteiger partial charge on any atom is -0.450 e. The number of amides is 1. The third-order valence-corrected chi connectivity index (χ3v) is 5.85. The van der Waals surface area contributed by atoms with Gasteiger partial charge < -0.3 is 14.1 Å². The number of ether oxygens (including phenoxy) is 1. The Labute approximate surface area is 173 Å². The Morgan fingerprint density at radius 3 is 2.70 bits per heavy atom. The van der Waals surface area contributed by atoms with Gasteiger partial charge in [-0.15, -0.1) is 0 Å². The summed E-state index contributed by atoms with van der Waals surface area (Å²) in [5, 5.41) is 0.498. The molecule has 0 bridgehead atoms. The molecular weight excluding hydrogens is 382 g/mol. The lowest BCUT2D eigenvalue weighted by Gasteiger charge is -2.30. The van der Waals surface area contributed by atoms with Crippen molar-refractivity contribution in [2.24, 2.45) is 0 Å². The maximum absolute atomic E-state index is 13.5. The summed E-state index contributed by atoms with van der Waals surface area (Å²) < 4.78 is 11.4. The molecule has 5 rings (SSSR count). The van der Waals surface area contributed by atoms with Crippen molar-refractivity contribution in [2.75, 3.05) is 39.4 Å². The molecule has 1 atom stereocenters. The van der Waals surface area contributed by atoms with Crippen molar-refractivity contribution in [1.29, 1.82) is 0 Å². The number of fused-ring (bicyclic) bond motifs is 2. The summed E-state index contributed by atoms with van der Waals surface area (Å²) in [7, 11) is 0. The molecule has 2 aliphatic heterocycles. The van der Waals surface area contributed by atoms with Crippen LogP contribution in [0.5, 0.6) is 0 Å².